The highest BCUT2D eigenvalue weighted by atomic mass is 79.9. The first kappa shape index (κ1) is 13.9. The second-order valence-corrected chi connectivity index (χ2v) is 5.63. The van der Waals surface area contributed by atoms with Gasteiger partial charge in [-0.25, -0.2) is 14.4 Å². The molecule has 0 aliphatic carbocycles. The molecule has 0 amide bonds. The highest BCUT2D eigenvalue weighted by Gasteiger charge is 2.27. The Balaban J connectivity index is 2.46. The van der Waals surface area contributed by atoms with Gasteiger partial charge in [0.25, 0.3) is 0 Å². The first-order valence-electron chi connectivity index (χ1n) is 5.92. The lowest BCUT2D eigenvalue weighted by Gasteiger charge is -2.24. The van der Waals surface area contributed by atoms with Crippen LogP contribution in [0.3, 0.4) is 0 Å². The predicted octanol–water partition coefficient (Wildman–Crippen LogP) is 3.75. The minimum absolute atomic E-state index is 0.243. The van der Waals surface area contributed by atoms with E-state index in [1.807, 2.05) is 20.9 Å². The van der Waals surface area contributed by atoms with Crippen LogP contribution in [0.1, 0.15) is 25.2 Å². The number of hydrogen-bond acceptors (Lipinski definition) is 3. The SMILES string of the molecule is CNc1nc(C(C)(C)c2ccc(F)cc2)ncc1Br. The van der Waals surface area contributed by atoms with Gasteiger partial charge in [0.05, 0.1) is 4.47 Å². The smallest absolute Gasteiger partial charge is 0.143 e. The first-order chi connectivity index (χ1) is 8.95. The molecule has 0 atom stereocenters. The average molecular weight is 324 g/mol. The zero-order chi connectivity index (χ0) is 14.0. The molecule has 0 unspecified atom stereocenters. The minimum atomic E-state index is -0.389. The molecule has 0 aliphatic heterocycles. The second-order valence-electron chi connectivity index (χ2n) is 4.77. The average Bonchev–Trinajstić information content (AvgIpc) is 2.39. The number of aromatic nitrogens is 2. The second kappa shape index (κ2) is 5.25. The predicted molar refractivity (Wildman–Crippen MR) is 77.8 cm³/mol. The fourth-order valence-corrected chi connectivity index (χ4v) is 2.23. The number of halogens is 2. The molecule has 1 heterocycles. The molecule has 100 valence electrons. The summed E-state index contributed by atoms with van der Waals surface area (Å²) in [7, 11) is 1.81. The summed E-state index contributed by atoms with van der Waals surface area (Å²) in [6, 6.07) is 6.43. The molecule has 0 radical (unpaired) electrons. The Hall–Kier alpha value is -1.49. The summed E-state index contributed by atoms with van der Waals surface area (Å²) in [6.07, 6.45) is 1.72. The molecule has 0 spiro atoms. The standard InChI is InChI=1S/C14H15BrFN3/c1-14(2,9-4-6-10(16)7-5-9)13-18-8-11(15)12(17-3)19-13/h4-8H,1-3H3,(H,17,18,19). The van der Waals surface area contributed by atoms with Crippen LogP contribution < -0.4 is 5.32 Å². The van der Waals surface area contributed by atoms with Gasteiger partial charge in [0, 0.05) is 18.7 Å². The van der Waals surface area contributed by atoms with Crippen molar-refractivity contribution < 1.29 is 4.39 Å². The van der Waals surface area contributed by atoms with Crippen molar-refractivity contribution in [2.24, 2.45) is 0 Å². The maximum absolute atomic E-state index is 13.0. The van der Waals surface area contributed by atoms with Gasteiger partial charge in [-0.2, -0.15) is 0 Å². The molecular formula is C14H15BrFN3. The van der Waals surface area contributed by atoms with Crippen molar-refractivity contribution in [2.45, 2.75) is 19.3 Å². The molecule has 1 aromatic heterocycles. The van der Waals surface area contributed by atoms with E-state index in [-0.39, 0.29) is 11.2 Å². The van der Waals surface area contributed by atoms with E-state index in [0.29, 0.717) is 5.82 Å². The van der Waals surface area contributed by atoms with Gasteiger partial charge in [-0.05, 0) is 47.5 Å². The van der Waals surface area contributed by atoms with Gasteiger partial charge in [-0.1, -0.05) is 12.1 Å². The normalized spacial score (nSPS) is 11.4. The first-order valence-corrected chi connectivity index (χ1v) is 6.71. The van der Waals surface area contributed by atoms with Crippen LogP contribution in [0.5, 0.6) is 0 Å². The molecule has 0 saturated carbocycles. The summed E-state index contributed by atoms with van der Waals surface area (Å²) in [5, 5.41) is 3.01. The zero-order valence-corrected chi connectivity index (χ0v) is 12.6. The molecular weight excluding hydrogens is 309 g/mol. The summed E-state index contributed by atoms with van der Waals surface area (Å²) in [5.41, 5.74) is 0.582. The third kappa shape index (κ3) is 2.76. The maximum atomic E-state index is 13.0. The molecule has 1 aromatic carbocycles. The zero-order valence-electron chi connectivity index (χ0n) is 11.0. The lowest BCUT2D eigenvalue weighted by molar-refractivity contribution is 0.583. The van der Waals surface area contributed by atoms with Crippen LogP contribution in [-0.2, 0) is 5.41 Å². The van der Waals surface area contributed by atoms with Gasteiger partial charge in [-0.15, -0.1) is 0 Å². The summed E-state index contributed by atoms with van der Waals surface area (Å²) in [4.78, 5) is 8.86. The van der Waals surface area contributed by atoms with Crippen LogP contribution in [0.4, 0.5) is 10.2 Å². The summed E-state index contributed by atoms with van der Waals surface area (Å²) in [5.74, 6) is 1.18. The molecule has 0 fully saturated rings. The van der Waals surface area contributed by atoms with Gasteiger partial charge in [0.1, 0.15) is 17.5 Å². The lowest BCUT2D eigenvalue weighted by Crippen LogP contribution is -2.23. The molecule has 0 saturated heterocycles. The quantitative estimate of drug-likeness (QED) is 0.934. The Morgan fingerprint density at radius 2 is 1.84 bits per heavy atom. The van der Waals surface area contributed by atoms with E-state index in [2.05, 4.69) is 31.2 Å². The molecule has 2 rings (SSSR count). The summed E-state index contributed by atoms with van der Waals surface area (Å²) < 4.78 is 13.8. The molecule has 0 bridgehead atoms. The number of hydrogen-bond donors (Lipinski definition) is 1. The van der Waals surface area contributed by atoms with Crippen LogP contribution in [0.15, 0.2) is 34.9 Å². The van der Waals surface area contributed by atoms with E-state index in [0.717, 1.165) is 15.9 Å². The number of rotatable bonds is 3. The Bertz CT molecular complexity index is 582. The van der Waals surface area contributed by atoms with E-state index in [1.165, 1.54) is 12.1 Å². The Morgan fingerprint density at radius 3 is 2.42 bits per heavy atom. The fourth-order valence-electron chi connectivity index (χ4n) is 1.84. The van der Waals surface area contributed by atoms with Crippen LogP contribution in [0.2, 0.25) is 0 Å². The van der Waals surface area contributed by atoms with Crippen LogP contribution in [0, 0.1) is 5.82 Å². The summed E-state index contributed by atoms with van der Waals surface area (Å²) >= 11 is 3.39. The van der Waals surface area contributed by atoms with Gasteiger partial charge >= 0.3 is 0 Å². The number of nitrogens with one attached hydrogen (secondary N) is 1. The van der Waals surface area contributed by atoms with Crippen LogP contribution in [0.25, 0.3) is 0 Å². The van der Waals surface area contributed by atoms with Crippen molar-refractivity contribution in [3.63, 3.8) is 0 Å². The third-order valence-electron chi connectivity index (χ3n) is 3.11. The van der Waals surface area contributed by atoms with Crippen LogP contribution in [-0.4, -0.2) is 17.0 Å². The third-order valence-corrected chi connectivity index (χ3v) is 3.69. The highest BCUT2D eigenvalue weighted by Crippen LogP contribution is 2.31. The molecule has 0 aliphatic rings. The monoisotopic (exact) mass is 323 g/mol. The Labute approximate surface area is 120 Å². The van der Waals surface area contributed by atoms with E-state index < -0.39 is 0 Å². The lowest BCUT2D eigenvalue weighted by atomic mass is 9.84. The number of nitrogens with zero attached hydrogens (tertiary/aromatic N) is 2. The van der Waals surface area contributed by atoms with Crippen molar-refractivity contribution in [3.8, 4) is 0 Å². The van der Waals surface area contributed by atoms with Crippen molar-refractivity contribution >= 4 is 21.7 Å². The Morgan fingerprint density at radius 1 is 1.21 bits per heavy atom. The molecule has 5 heteroatoms. The number of anilines is 1. The molecule has 1 N–H and O–H groups in total. The number of benzene rings is 1. The van der Waals surface area contributed by atoms with Gasteiger partial charge in [0.2, 0.25) is 0 Å². The van der Waals surface area contributed by atoms with E-state index >= 15 is 0 Å². The van der Waals surface area contributed by atoms with E-state index in [1.54, 1.807) is 18.3 Å². The van der Waals surface area contributed by atoms with Gasteiger partial charge < -0.3 is 5.32 Å². The highest BCUT2D eigenvalue weighted by molar-refractivity contribution is 9.10. The topological polar surface area (TPSA) is 37.8 Å². The maximum Gasteiger partial charge on any atom is 0.143 e. The van der Waals surface area contributed by atoms with Crippen molar-refractivity contribution in [2.75, 3.05) is 12.4 Å². The van der Waals surface area contributed by atoms with Crippen molar-refractivity contribution in [3.05, 3.63) is 52.1 Å². The largest absolute Gasteiger partial charge is 0.372 e. The van der Waals surface area contributed by atoms with E-state index in [9.17, 15) is 4.39 Å². The van der Waals surface area contributed by atoms with Gasteiger partial charge in [0.15, 0.2) is 0 Å². The van der Waals surface area contributed by atoms with Crippen molar-refractivity contribution in [1.29, 1.82) is 0 Å². The van der Waals surface area contributed by atoms with Crippen molar-refractivity contribution in [1.82, 2.24) is 9.97 Å². The molecule has 3 nitrogen and oxygen atoms in total. The van der Waals surface area contributed by atoms with Gasteiger partial charge in [-0.3, -0.25) is 0 Å². The van der Waals surface area contributed by atoms with E-state index in [4.69, 9.17) is 0 Å². The molecule has 19 heavy (non-hydrogen) atoms. The fraction of sp³-hybridized carbons (Fsp3) is 0.286. The minimum Gasteiger partial charge on any atom is -0.372 e. The molecule has 2 aromatic rings. The van der Waals surface area contributed by atoms with Crippen LogP contribution >= 0.6 is 15.9 Å². The summed E-state index contributed by atoms with van der Waals surface area (Å²) in [6.45, 7) is 4.03. The Kier molecular flexibility index (Phi) is 3.85.